The van der Waals surface area contributed by atoms with Gasteiger partial charge < -0.3 is 14.8 Å². The van der Waals surface area contributed by atoms with Gasteiger partial charge in [-0.1, -0.05) is 30.3 Å². The van der Waals surface area contributed by atoms with E-state index in [0.29, 0.717) is 6.61 Å². The largest absolute Gasteiger partial charge is 0.497 e. The molecule has 0 spiro atoms. The zero-order valence-corrected chi connectivity index (χ0v) is 15.2. The van der Waals surface area contributed by atoms with Gasteiger partial charge in [0.05, 0.1) is 12.8 Å². The third kappa shape index (κ3) is 5.07. The van der Waals surface area contributed by atoms with E-state index in [2.05, 4.69) is 41.5 Å². The van der Waals surface area contributed by atoms with Crippen molar-refractivity contribution >= 4 is 0 Å². The molecule has 1 atom stereocenters. The Morgan fingerprint density at radius 1 is 0.962 bits per heavy atom. The minimum absolute atomic E-state index is 0.225. The van der Waals surface area contributed by atoms with E-state index < -0.39 is 0 Å². The molecule has 0 bridgehead atoms. The Labute approximate surface area is 154 Å². The second-order valence-electron chi connectivity index (χ2n) is 6.14. The number of aromatic nitrogens is 1. The van der Waals surface area contributed by atoms with Crippen molar-refractivity contribution in [2.24, 2.45) is 0 Å². The van der Waals surface area contributed by atoms with Crippen LogP contribution < -0.4 is 14.8 Å². The van der Waals surface area contributed by atoms with Gasteiger partial charge >= 0.3 is 0 Å². The van der Waals surface area contributed by atoms with Crippen LogP contribution in [0.1, 0.15) is 29.8 Å². The highest BCUT2D eigenvalue weighted by molar-refractivity contribution is 5.31. The Hall–Kier alpha value is -2.85. The molecule has 3 aromatic rings. The number of methoxy groups -OCH3 is 1. The molecule has 0 aliphatic heterocycles. The second kappa shape index (κ2) is 9.02. The maximum Gasteiger partial charge on any atom is 0.130 e. The summed E-state index contributed by atoms with van der Waals surface area (Å²) in [7, 11) is 1.69. The number of hydrogen-bond acceptors (Lipinski definition) is 4. The highest BCUT2D eigenvalue weighted by atomic mass is 16.5. The monoisotopic (exact) mass is 348 g/mol. The fourth-order valence-corrected chi connectivity index (χ4v) is 2.69. The summed E-state index contributed by atoms with van der Waals surface area (Å²) in [6, 6.07) is 22.3. The fourth-order valence-electron chi connectivity index (χ4n) is 2.69. The smallest absolute Gasteiger partial charge is 0.130 e. The van der Waals surface area contributed by atoms with Crippen molar-refractivity contribution in [3.63, 3.8) is 0 Å². The first-order valence-electron chi connectivity index (χ1n) is 8.73. The summed E-state index contributed by atoms with van der Waals surface area (Å²) >= 11 is 0. The van der Waals surface area contributed by atoms with Crippen LogP contribution in [0.4, 0.5) is 0 Å². The topological polar surface area (TPSA) is 43.4 Å². The lowest BCUT2D eigenvalue weighted by atomic mass is 10.1. The number of pyridine rings is 1. The molecule has 0 saturated heterocycles. The van der Waals surface area contributed by atoms with Crippen LogP contribution in [0.3, 0.4) is 0 Å². The van der Waals surface area contributed by atoms with E-state index in [4.69, 9.17) is 9.47 Å². The Bertz CT molecular complexity index is 821. The summed E-state index contributed by atoms with van der Waals surface area (Å²) in [5.74, 6) is 1.73. The SMILES string of the molecule is COc1cccc(C(C)NCc2cccc(OCc3ccccn3)c2)c1. The first-order chi connectivity index (χ1) is 12.7. The minimum atomic E-state index is 0.225. The minimum Gasteiger partial charge on any atom is -0.497 e. The summed E-state index contributed by atoms with van der Waals surface area (Å²) < 4.78 is 11.1. The summed E-state index contributed by atoms with van der Waals surface area (Å²) in [6.07, 6.45) is 1.78. The van der Waals surface area contributed by atoms with Gasteiger partial charge in [0.2, 0.25) is 0 Å². The van der Waals surface area contributed by atoms with Crippen LogP contribution in [0, 0.1) is 0 Å². The number of nitrogens with zero attached hydrogens (tertiary/aromatic N) is 1. The van der Waals surface area contributed by atoms with Gasteiger partial charge in [-0.15, -0.1) is 0 Å². The summed E-state index contributed by atoms with van der Waals surface area (Å²) in [4.78, 5) is 4.28. The van der Waals surface area contributed by atoms with Gasteiger partial charge in [0.1, 0.15) is 18.1 Å². The van der Waals surface area contributed by atoms with Crippen LogP contribution in [0.5, 0.6) is 11.5 Å². The molecule has 2 aromatic carbocycles. The van der Waals surface area contributed by atoms with E-state index >= 15 is 0 Å². The van der Waals surface area contributed by atoms with Crippen molar-refractivity contribution in [1.82, 2.24) is 10.3 Å². The van der Waals surface area contributed by atoms with Gasteiger partial charge in [-0.05, 0) is 54.4 Å². The molecular formula is C22H24N2O2. The van der Waals surface area contributed by atoms with Crippen molar-refractivity contribution in [2.45, 2.75) is 26.1 Å². The average molecular weight is 348 g/mol. The van der Waals surface area contributed by atoms with Gasteiger partial charge in [0.25, 0.3) is 0 Å². The quantitative estimate of drug-likeness (QED) is 0.650. The van der Waals surface area contributed by atoms with E-state index in [1.54, 1.807) is 13.3 Å². The second-order valence-corrected chi connectivity index (χ2v) is 6.14. The molecule has 1 heterocycles. The van der Waals surface area contributed by atoms with Crippen LogP contribution in [-0.2, 0) is 13.2 Å². The molecule has 1 aromatic heterocycles. The van der Waals surface area contributed by atoms with Crippen molar-refractivity contribution in [2.75, 3.05) is 7.11 Å². The Balaban J connectivity index is 1.56. The zero-order valence-electron chi connectivity index (χ0n) is 15.2. The molecule has 4 nitrogen and oxygen atoms in total. The Kier molecular flexibility index (Phi) is 6.23. The van der Waals surface area contributed by atoms with Gasteiger partial charge in [0.15, 0.2) is 0 Å². The number of ether oxygens (including phenoxy) is 2. The van der Waals surface area contributed by atoms with Crippen LogP contribution in [0.25, 0.3) is 0 Å². The number of nitrogens with one attached hydrogen (secondary N) is 1. The van der Waals surface area contributed by atoms with Gasteiger partial charge in [0, 0.05) is 18.8 Å². The third-order valence-electron chi connectivity index (χ3n) is 4.22. The van der Waals surface area contributed by atoms with E-state index in [-0.39, 0.29) is 6.04 Å². The number of hydrogen-bond donors (Lipinski definition) is 1. The summed E-state index contributed by atoms with van der Waals surface area (Å²) in [6.45, 7) is 3.38. The number of rotatable bonds is 8. The molecule has 0 aliphatic carbocycles. The Morgan fingerprint density at radius 2 is 1.81 bits per heavy atom. The van der Waals surface area contributed by atoms with E-state index in [0.717, 1.165) is 23.7 Å². The van der Waals surface area contributed by atoms with Crippen LogP contribution >= 0.6 is 0 Å². The first-order valence-corrected chi connectivity index (χ1v) is 8.73. The maximum atomic E-state index is 5.85. The van der Waals surface area contributed by atoms with Crippen molar-refractivity contribution in [3.05, 3.63) is 89.7 Å². The standard InChI is InChI=1S/C22H24N2O2/c1-17(19-8-6-10-21(14-19)25-2)24-15-18-7-5-11-22(13-18)26-16-20-9-3-4-12-23-20/h3-14,17,24H,15-16H2,1-2H3. The zero-order chi connectivity index (χ0) is 18.2. The lowest BCUT2D eigenvalue weighted by Gasteiger charge is -2.15. The average Bonchev–Trinajstić information content (AvgIpc) is 2.71. The van der Waals surface area contributed by atoms with Crippen LogP contribution in [-0.4, -0.2) is 12.1 Å². The molecule has 0 aliphatic rings. The van der Waals surface area contributed by atoms with Crippen molar-refractivity contribution < 1.29 is 9.47 Å². The molecule has 134 valence electrons. The molecule has 0 fully saturated rings. The summed E-state index contributed by atoms with van der Waals surface area (Å²) in [5.41, 5.74) is 3.30. The Morgan fingerprint density at radius 3 is 2.62 bits per heavy atom. The normalized spacial score (nSPS) is 11.8. The third-order valence-corrected chi connectivity index (χ3v) is 4.22. The highest BCUT2D eigenvalue weighted by Crippen LogP contribution is 2.20. The fraction of sp³-hybridized carbons (Fsp3) is 0.227. The molecule has 26 heavy (non-hydrogen) atoms. The van der Waals surface area contributed by atoms with Crippen LogP contribution in [0.15, 0.2) is 72.9 Å². The van der Waals surface area contributed by atoms with E-state index in [9.17, 15) is 0 Å². The predicted octanol–water partition coefficient (Wildman–Crippen LogP) is 4.52. The van der Waals surface area contributed by atoms with E-state index in [1.807, 2.05) is 42.5 Å². The molecular weight excluding hydrogens is 324 g/mol. The van der Waals surface area contributed by atoms with Gasteiger partial charge in [-0.3, -0.25) is 4.98 Å². The molecule has 4 heteroatoms. The lowest BCUT2D eigenvalue weighted by Crippen LogP contribution is -2.18. The summed E-state index contributed by atoms with van der Waals surface area (Å²) in [5, 5.41) is 3.54. The van der Waals surface area contributed by atoms with Crippen molar-refractivity contribution in [1.29, 1.82) is 0 Å². The molecule has 0 amide bonds. The van der Waals surface area contributed by atoms with Crippen LogP contribution in [0.2, 0.25) is 0 Å². The van der Waals surface area contributed by atoms with Gasteiger partial charge in [-0.25, -0.2) is 0 Å². The number of benzene rings is 2. The van der Waals surface area contributed by atoms with Crippen molar-refractivity contribution in [3.8, 4) is 11.5 Å². The molecule has 0 radical (unpaired) electrons. The molecule has 1 N–H and O–H groups in total. The van der Waals surface area contributed by atoms with Gasteiger partial charge in [-0.2, -0.15) is 0 Å². The maximum absolute atomic E-state index is 5.85. The lowest BCUT2D eigenvalue weighted by molar-refractivity contribution is 0.301. The molecule has 1 unspecified atom stereocenters. The predicted molar refractivity (Wildman–Crippen MR) is 103 cm³/mol. The molecule has 0 saturated carbocycles. The van der Waals surface area contributed by atoms with E-state index in [1.165, 1.54) is 11.1 Å². The highest BCUT2D eigenvalue weighted by Gasteiger charge is 2.06. The molecule has 3 rings (SSSR count). The first kappa shape index (κ1) is 18.0.